The zero-order chi connectivity index (χ0) is 17.2. The Morgan fingerprint density at radius 3 is 2.58 bits per heavy atom. The van der Waals surface area contributed by atoms with E-state index in [1.807, 2.05) is 19.9 Å². The van der Waals surface area contributed by atoms with Crippen LogP contribution in [-0.2, 0) is 4.84 Å². The van der Waals surface area contributed by atoms with Crippen molar-refractivity contribution in [3.63, 3.8) is 0 Å². The molecule has 0 saturated heterocycles. The number of rotatable bonds is 4. The molecule has 0 spiro atoms. The topological polar surface area (TPSA) is 89.2 Å². The van der Waals surface area contributed by atoms with Gasteiger partial charge in [-0.05, 0) is 47.5 Å². The Labute approximate surface area is 165 Å². The molecule has 1 aliphatic rings. The first-order valence-corrected chi connectivity index (χ1v) is 8.19. The monoisotopic (exact) mass is 455 g/mol. The van der Waals surface area contributed by atoms with Gasteiger partial charge in [-0.3, -0.25) is 4.84 Å². The molecule has 2 rings (SSSR count). The zero-order valence-electron chi connectivity index (χ0n) is 13.0. The number of hydrogen-bond donors (Lipinski definition) is 2. The van der Waals surface area contributed by atoms with E-state index in [-0.39, 0.29) is 30.9 Å². The minimum Gasteiger partial charge on any atom is -0.368 e. The third kappa shape index (κ3) is 5.00. The molecule has 10 heteroatoms. The zero-order valence-corrected chi connectivity index (χ0v) is 16.9. The van der Waals surface area contributed by atoms with Crippen molar-refractivity contribution in [1.29, 1.82) is 0 Å². The second-order valence-corrected chi connectivity index (χ2v) is 6.88. The van der Waals surface area contributed by atoms with Gasteiger partial charge in [-0.2, -0.15) is 10.1 Å². The Hall–Kier alpha value is -0.990. The van der Waals surface area contributed by atoms with Gasteiger partial charge in [0.2, 0.25) is 11.9 Å². The normalized spacial score (nSPS) is 16.6. The molecule has 0 bridgehead atoms. The SMILES string of the molecule is CC1(C)N=C(N)N=C(N)N1OC/C=C/c1cc(Cl)c(Br)cc1Cl.Cl. The van der Waals surface area contributed by atoms with E-state index < -0.39 is 5.66 Å². The first-order chi connectivity index (χ1) is 10.7. The van der Waals surface area contributed by atoms with Crippen molar-refractivity contribution in [2.24, 2.45) is 21.5 Å². The smallest absolute Gasteiger partial charge is 0.226 e. The highest BCUT2D eigenvalue weighted by atomic mass is 79.9. The third-order valence-corrected chi connectivity index (χ3v) is 4.48. The number of halogens is 4. The quantitative estimate of drug-likeness (QED) is 0.673. The molecule has 0 atom stereocenters. The molecule has 1 aliphatic heterocycles. The molecular formula is C14H17BrCl3N5O. The second kappa shape index (κ2) is 8.40. The van der Waals surface area contributed by atoms with E-state index in [9.17, 15) is 0 Å². The standard InChI is InChI=1S/C14H16BrCl2N5O.ClH/c1-14(2)21-12(18)20-13(19)22(14)23-5-3-4-8-6-11(17)9(15)7-10(8)16;/h3-4,6-7H,5H2,1-2H3,(H4,18,19,20,21);1H/b4-3+;. The van der Waals surface area contributed by atoms with Crippen LogP contribution in [0.2, 0.25) is 10.0 Å². The highest BCUT2D eigenvalue weighted by molar-refractivity contribution is 9.10. The summed E-state index contributed by atoms with van der Waals surface area (Å²) in [4.78, 5) is 13.7. The lowest BCUT2D eigenvalue weighted by Crippen LogP contribution is -2.53. The molecule has 1 aromatic carbocycles. The lowest BCUT2D eigenvalue weighted by molar-refractivity contribution is -0.146. The van der Waals surface area contributed by atoms with E-state index in [2.05, 4.69) is 25.9 Å². The van der Waals surface area contributed by atoms with Crippen LogP contribution in [0.25, 0.3) is 6.08 Å². The number of guanidine groups is 2. The van der Waals surface area contributed by atoms with Crippen LogP contribution in [0.3, 0.4) is 0 Å². The van der Waals surface area contributed by atoms with Crippen LogP contribution in [0.4, 0.5) is 0 Å². The maximum atomic E-state index is 6.15. The molecule has 6 nitrogen and oxygen atoms in total. The van der Waals surface area contributed by atoms with Gasteiger partial charge < -0.3 is 11.5 Å². The van der Waals surface area contributed by atoms with Crippen molar-refractivity contribution in [2.75, 3.05) is 6.61 Å². The van der Waals surface area contributed by atoms with Gasteiger partial charge in [0, 0.05) is 9.50 Å². The van der Waals surface area contributed by atoms with Crippen LogP contribution in [0.15, 0.2) is 32.7 Å². The molecule has 0 fully saturated rings. The lowest BCUT2D eigenvalue weighted by Gasteiger charge is -2.36. The molecule has 4 N–H and O–H groups in total. The van der Waals surface area contributed by atoms with E-state index in [4.69, 9.17) is 39.5 Å². The number of aliphatic imine (C=N–C) groups is 2. The maximum absolute atomic E-state index is 6.15. The van der Waals surface area contributed by atoms with E-state index in [1.165, 1.54) is 5.06 Å². The largest absolute Gasteiger partial charge is 0.368 e. The fourth-order valence-electron chi connectivity index (χ4n) is 1.98. The van der Waals surface area contributed by atoms with E-state index >= 15 is 0 Å². The van der Waals surface area contributed by atoms with Crippen molar-refractivity contribution in [2.45, 2.75) is 19.5 Å². The number of benzene rings is 1. The number of nitrogens with zero attached hydrogens (tertiary/aromatic N) is 3. The summed E-state index contributed by atoms with van der Waals surface area (Å²) in [6, 6.07) is 3.50. The van der Waals surface area contributed by atoms with Gasteiger partial charge in [0.1, 0.15) is 0 Å². The Kier molecular flexibility index (Phi) is 7.37. The van der Waals surface area contributed by atoms with Crippen molar-refractivity contribution < 1.29 is 4.84 Å². The average Bonchev–Trinajstić information content (AvgIpc) is 2.41. The summed E-state index contributed by atoms with van der Waals surface area (Å²) in [6.45, 7) is 3.88. The van der Waals surface area contributed by atoms with Crippen molar-refractivity contribution >= 4 is 69.5 Å². The summed E-state index contributed by atoms with van der Waals surface area (Å²) in [7, 11) is 0. The summed E-state index contributed by atoms with van der Waals surface area (Å²) in [5, 5.41) is 2.56. The highest BCUT2D eigenvalue weighted by Gasteiger charge is 2.32. The summed E-state index contributed by atoms with van der Waals surface area (Å²) in [5.41, 5.74) is 11.5. The Balaban J connectivity index is 0.00000288. The van der Waals surface area contributed by atoms with Gasteiger partial charge in [-0.25, -0.2) is 4.99 Å². The average molecular weight is 458 g/mol. The minimum atomic E-state index is -0.734. The van der Waals surface area contributed by atoms with Crippen molar-refractivity contribution in [1.82, 2.24) is 5.06 Å². The van der Waals surface area contributed by atoms with E-state index in [0.717, 1.165) is 10.0 Å². The molecule has 1 heterocycles. The minimum absolute atomic E-state index is 0. The Morgan fingerprint density at radius 1 is 1.29 bits per heavy atom. The highest BCUT2D eigenvalue weighted by Crippen LogP contribution is 2.30. The fraction of sp³-hybridized carbons (Fsp3) is 0.286. The molecular weight excluding hydrogens is 440 g/mol. The van der Waals surface area contributed by atoms with Crippen LogP contribution >= 0.6 is 51.5 Å². The predicted molar refractivity (Wildman–Crippen MR) is 106 cm³/mol. The molecule has 0 aliphatic carbocycles. The first-order valence-electron chi connectivity index (χ1n) is 6.64. The first kappa shape index (κ1) is 21.1. The van der Waals surface area contributed by atoms with Crippen LogP contribution in [0.1, 0.15) is 19.4 Å². The van der Waals surface area contributed by atoms with Gasteiger partial charge in [0.05, 0.1) is 11.6 Å². The number of hydroxylamine groups is 2. The van der Waals surface area contributed by atoms with Gasteiger partial charge in [-0.1, -0.05) is 35.4 Å². The summed E-state index contributed by atoms with van der Waals surface area (Å²) >= 11 is 15.5. The van der Waals surface area contributed by atoms with Crippen LogP contribution in [0.5, 0.6) is 0 Å². The summed E-state index contributed by atoms with van der Waals surface area (Å²) in [5.74, 6) is 0.278. The Morgan fingerprint density at radius 2 is 1.96 bits per heavy atom. The number of nitrogens with two attached hydrogens (primary N) is 2. The van der Waals surface area contributed by atoms with Crippen molar-refractivity contribution in [3.05, 3.63) is 38.3 Å². The second-order valence-electron chi connectivity index (χ2n) is 5.21. The molecule has 1 aromatic rings. The fourth-order valence-corrected chi connectivity index (χ4v) is 2.85. The van der Waals surface area contributed by atoms with Crippen LogP contribution in [0, 0.1) is 0 Å². The van der Waals surface area contributed by atoms with Gasteiger partial charge in [0.25, 0.3) is 0 Å². The summed E-state index contributed by atoms with van der Waals surface area (Å²) < 4.78 is 0.743. The lowest BCUT2D eigenvalue weighted by atomic mass is 10.2. The number of hydrogen-bond acceptors (Lipinski definition) is 6. The van der Waals surface area contributed by atoms with E-state index in [1.54, 1.807) is 18.2 Å². The Bertz CT molecular complexity index is 706. The molecule has 0 radical (unpaired) electrons. The molecule has 24 heavy (non-hydrogen) atoms. The molecule has 132 valence electrons. The molecule has 0 aromatic heterocycles. The molecule has 0 amide bonds. The molecule has 0 saturated carbocycles. The molecule has 0 unspecified atom stereocenters. The van der Waals surface area contributed by atoms with Gasteiger partial charge in [0.15, 0.2) is 5.66 Å². The maximum Gasteiger partial charge on any atom is 0.226 e. The van der Waals surface area contributed by atoms with E-state index in [0.29, 0.717) is 10.0 Å². The third-order valence-electron chi connectivity index (χ3n) is 2.96. The predicted octanol–water partition coefficient (Wildman–Crippen LogP) is 3.80. The summed E-state index contributed by atoms with van der Waals surface area (Å²) in [6.07, 6.45) is 3.60. The van der Waals surface area contributed by atoms with Crippen LogP contribution < -0.4 is 11.5 Å². The van der Waals surface area contributed by atoms with Gasteiger partial charge >= 0.3 is 0 Å². The van der Waals surface area contributed by atoms with Crippen LogP contribution in [-0.4, -0.2) is 29.3 Å². The van der Waals surface area contributed by atoms with Crippen molar-refractivity contribution in [3.8, 4) is 0 Å². The van der Waals surface area contributed by atoms with Gasteiger partial charge in [-0.15, -0.1) is 12.4 Å².